The summed E-state index contributed by atoms with van der Waals surface area (Å²) in [5.41, 5.74) is 1.05. The van der Waals surface area contributed by atoms with E-state index in [2.05, 4.69) is 17.9 Å². The van der Waals surface area contributed by atoms with E-state index in [0.717, 1.165) is 29.3 Å². The molecule has 98 valence electrons. The molecule has 0 unspecified atom stereocenters. The Bertz CT molecular complexity index is 382. The molecular formula is C15H21NOS. The number of rotatable bonds is 5. The van der Waals surface area contributed by atoms with Crippen LogP contribution in [0.15, 0.2) is 29.2 Å². The Kier molecular flexibility index (Phi) is 5.12. The molecule has 1 fully saturated rings. The molecule has 0 radical (unpaired) electrons. The van der Waals surface area contributed by atoms with E-state index in [-0.39, 0.29) is 5.91 Å². The molecule has 1 aromatic rings. The molecule has 0 bridgehead atoms. The second-order valence-electron chi connectivity index (χ2n) is 5.13. The first-order valence-corrected chi connectivity index (χ1v) is 7.23. The molecule has 0 heterocycles. The van der Waals surface area contributed by atoms with Crippen molar-refractivity contribution in [1.82, 2.24) is 5.32 Å². The van der Waals surface area contributed by atoms with E-state index < -0.39 is 0 Å². The van der Waals surface area contributed by atoms with Crippen molar-refractivity contribution in [3.05, 3.63) is 29.8 Å². The van der Waals surface area contributed by atoms with E-state index in [0.29, 0.717) is 6.42 Å². The fourth-order valence-corrected chi connectivity index (χ4v) is 2.73. The summed E-state index contributed by atoms with van der Waals surface area (Å²) in [6.45, 7) is 0.828. The molecule has 1 aliphatic rings. The highest BCUT2D eigenvalue weighted by atomic mass is 32.1. The maximum absolute atomic E-state index is 11.7. The van der Waals surface area contributed by atoms with Gasteiger partial charge < -0.3 is 5.32 Å². The Balaban J connectivity index is 1.66. The zero-order chi connectivity index (χ0) is 12.8. The maximum atomic E-state index is 11.7. The number of thiol groups is 1. The molecule has 0 saturated heterocycles. The van der Waals surface area contributed by atoms with Gasteiger partial charge in [0.05, 0.1) is 6.42 Å². The molecule has 3 heteroatoms. The van der Waals surface area contributed by atoms with Crippen molar-refractivity contribution < 1.29 is 4.79 Å². The van der Waals surface area contributed by atoms with Crippen LogP contribution in [0.3, 0.4) is 0 Å². The Morgan fingerprint density at radius 1 is 1.22 bits per heavy atom. The minimum absolute atomic E-state index is 0.125. The third-order valence-corrected chi connectivity index (χ3v) is 3.95. The van der Waals surface area contributed by atoms with E-state index in [1.807, 2.05) is 24.3 Å². The molecular weight excluding hydrogens is 242 g/mol. The van der Waals surface area contributed by atoms with Crippen LogP contribution in [0.5, 0.6) is 0 Å². The van der Waals surface area contributed by atoms with Crippen LogP contribution < -0.4 is 5.32 Å². The summed E-state index contributed by atoms with van der Waals surface area (Å²) in [4.78, 5) is 12.7. The molecule has 2 rings (SSSR count). The number of nitrogens with one attached hydrogen (secondary N) is 1. The Morgan fingerprint density at radius 3 is 2.56 bits per heavy atom. The van der Waals surface area contributed by atoms with Crippen LogP contribution in [0.25, 0.3) is 0 Å². The third kappa shape index (κ3) is 4.37. The van der Waals surface area contributed by atoms with Crippen LogP contribution in [0, 0.1) is 5.92 Å². The summed E-state index contributed by atoms with van der Waals surface area (Å²) in [6, 6.07) is 7.76. The number of amides is 1. The normalized spacial score (nSPS) is 15.8. The number of carbonyl (C=O) groups is 1. The molecule has 18 heavy (non-hydrogen) atoms. The first-order chi connectivity index (χ1) is 8.74. The van der Waals surface area contributed by atoms with Gasteiger partial charge in [-0.2, -0.15) is 0 Å². The van der Waals surface area contributed by atoms with Gasteiger partial charge in [-0.05, 0) is 30.0 Å². The quantitative estimate of drug-likeness (QED) is 0.785. The largest absolute Gasteiger partial charge is 0.356 e. The van der Waals surface area contributed by atoms with Crippen LogP contribution in [0.1, 0.15) is 37.7 Å². The lowest BCUT2D eigenvalue weighted by Gasteiger charge is -2.09. The predicted molar refractivity (Wildman–Crippen MR) is 77.0 cm³/mol. The van der Waals surface area contributed by atoms with Gasteiger partial charge in [-0.25, -0.2) is 0 Å². The molecule has 0 atom stereocenters. The summed E-state index contributed by atoms with van der Waals surface area (Å²) in [5, 5.41) is 3.01. The van der Waals surface area contributed by atoms with Gasteiger partial charge in [-0.3, -0.25) is 4.79 Å². The van der Waals surface area contributed by atoms with Crippen molar-refractivity contribution in [2.75, 3.05) is 6.54 Å². The first-order valence-electron chi connectivity index (χ1n) is 6.78. The number of benzene rings is 1. The second-order valence-corrected chi connectivity index (χ2v) is 5.65. The van der Waals surface area contributed by atoms with E-state index in [4.69, 9.17) is 0 Å². The highest BCUT2D eigenvalue weighted by Crippen LogP contribution is 2.26. The summed E-state index contributed by atoms with van der Waals surface area (Å²) in [7, 11) is 0. The van der Waals surface area contributed by atoms with Crippen molar-refractivity contribution in [2.24, 2.45) is 5.92 Å². The monoisotopic (exact) mass is 263 g/mol. The van der Waals surface area contributed by atoms with Crippen LogP contribution in [-0.2, 0) is 11.2 Å². The summed E-state index contributed by atoms with van der Waals surface area (Å²) >= 11 is 4.23. The predicted octanol–water partition coefficient (Wildman–Crippen LogP) is 3.21. The van der Waals surface area contributed by atoms with Gasteiger partial charge >= 0.3 is 0 Å². The average Bonchev–Trinajstić information content (AvgIpc) is 2.85. The minimum Gasteiger partial charge on any atom is -0.356 e. The second kappa shape index (κ2) is 6.83. The van der Waals surface area contributed by atoms with E-state index >= 15 is 0 Å². The van der Waals surface area contributed by atoms with E-state index in [1.165, 1.54) is 25.7 Å². The fourth-order valence-electron chi connectivity index (χ4n) is 2.58. The fraction of sp³-hybridized carbons (Fsp3) is 0.533. The topological polar surface area (TPSA) is 29.1 Å². The van der Waals surface area contributed by atoms with Gasteiger partial charge in [0.1, 0.15) is 0 Å². The molecule has 1 aliphatic carbocycles. The molecule has 1 aromatic carbocycles. The van der Waals surface area contributed by atoms with Gasteiger partial charge in [0.2, 0.25) is 5.91 Å². The van der Waals surface area contributed by atoms with Gasteiger partial charge in [0.15, 0.2) is 0 Å². The summed E-state index contributed by atoms with van der Waals surface area (Å²) in [6.07, 6.45) is 7.04. The summed E-state index contributed by atoms with van der Waals surface area (Å²) in [5.74, 6) is 0.966. The lowest BCUT2D eigenvalue weighted by Crippen LogP contribution is -2.27. The SMILES string of the molecule is O=C(Cc1ccc(S)cc1)NCCC1CCCC1. The lowest BCUT2D eigenvalue weighted by molar-refractivity contribution is -0.120. The maximum Gasteiger partial charge on any atom is 0.224 e. The van der Waals surface area contributed by atoms with Crippen LogP contribution in [0.2, 0.25) is 0 Å². The Labute approximate surface area is 115 Å². The molecule has 1 amide bonds. The molecule has 0 spiro atoms. The molecule has 0 aliphatic heterocycles. The minimum atomic E-state index is 0.125. The van der Waals surface area contributed by atoms with Crippen LogP contribution >= 0.6 is 12.6 Å². The van der Waals surface area contributed by atoms with Gasteiger partial charge in [-0.15, -0.1) is 12.6 Å². The Hall–Kier alpha value is -0.960. The highest BCUT2D eigenvalue weighted by molar-refractivity contribution is 7.80. The molecule has 1 saturated carbocycles. The van der Waals surface area contributed by atoms with Gasteiger partial charge in [0, 0.05) is 11.4 Å². The van der Waals surface area contributed by atoms with E-state index in [9.17, 15) is 4.79 Å². The highest BCUT2D eigenvalue weighted by Gasteiger charge is 2.14. The summed E-state index contributed by atoms with van der Waals surface area (Å²) < 4.78 is 0. The molecule has 2 nitrogen and oxygen atoms in total. The van der Waals surface area contributed by atoms with Crippen LogP contribution in [-0.4, -0.2) is 12.5 Å². The third-order valence-electron chi connectivity index (χ3n) is 3.65. The van der Waals surface area contributed by atoms with Crippen molar-refractivity contribution in [3.8, 4) is 0 Å². The zero-order valence-corrected chi connectivity index (χ0v) is 11.6. The average molecular weight is 263 g/mol. The van der Waals surface area contributed by atoms with Crippen molar-refractivity contribution in [2.45, 2.75) is 43.4 Å². The Morgan fingerprint density at radius 2 is 1.89 bits per heavy atom. The lowest BCUT2D eigenvalue weighted by atomic mass is 10.0. The standard InChI is InChI=1S/C15H21NOS/c17-15(11-13-5-7-14(18)8-6-13)16-10-9-12-3-1-2-4-12/h5-8,12,18H,1-4,9-11H2,(H,16,17). The van der Waals surface area contributed by atoms with Gasteiger partial charge in [-0.1, -0.05) is 37.8 Å². The molecule has 1 N–H and O–H groups in total. The van der Waals surface area contributed by atoms with Crippen molar-refractivity contribution in [3.63, 3.8) is 0 Å². The number of carbonyl (C=O) groups excluding carboxylic acids is 1. The van der Waals surface area contributed by atoms with E-state index in [1.54, 1.807) is 0 Å². The zero-order valence-electron chi connectivity index (χ0n) is 10.7. The first kappa shape index (κ1) is 13.5. The number of hydrogen-bond donors (Lipinski definition) is 2. The van der Waals surface area contributed by atoms with Crippen molar-refractivity contribution >= 4 is 18.5 Å². The van der Waals surface area contributed by atoms with Crippen LogP contribution in [0.4, 0.5) is 0 Å². The number of hydrogen-bond acceptors (Lipinski definition) is 2. The van der Waals surface area contributed by atoms with Gasteiger partial charge in [0.25, 0.3) is 0 Å². The molecule has 0 aromatic heterocycles. The van der Waals surface area contributed by atoms with Crippen molar-refractivity contribution in [1.29, 1.82) is 0 Å². The smallest absolute Gasteiger partial charge is 0.224 e.